The van der Waals surface area contributed by atoms with Gasteiger partial charge in [-0.2, -0.15) is 0 Å². The normalized spacial score (nSPS) is 11.8. The molecule has 0 aliphatic carbocycles. The number of ether oxygens (including phenoxy) is 1. The highest BCUT2D eigenvalue weighted by Crippen LogP contribution is 2.23. The van der Waals surface area contributed by atoms with Gasteiger partial charge in [0.25, 0.3) is 11.6 Å². The number of carbonyl (C=O) groups excluding carboxylic acids is 2. The largest absolute Gasteiger partial charge is 0.449 e. The number of hydrogen-bond donors (Lipinski definition) is 1. The molecule has 0 bridgehead atoms. The Morgan fingerprint density at radius 2 is 1.85 bits per heavy atom. The number of nitrogens with one attached hydrogen (secondary N) is 1. The van der Waals surface area contributed by atoms with Crippen LogP contribution < -0.4 is 5.32 Å². The molecule has 1 amide bonds. The number of amides is 1. The van der Waals surface area contributed by atoms with Crippen molar-refractivity contribution < 1.29 is 23.6 Å². The van der Waals surface area contributed by atoms with Crippen LogP contribution in [-0.2, 0) is 14.3 Å². The SMILES string of the molecule is C[C@@H](OC(=O)/C=C/c1ccc(F)cc1)C(=O)Nc1ccccc1[N+](=O)[O-]. The van der Waals surface area contributed by atoms with Gasteiger partial charge in [-0.3, -0.25) is 14.9 Å². The van der Waals surface area contributed by atoms with Gasteiger partial charge in [-0.1, -0.05) is 24.3 Å². The monoisotopic (exact) mass is 358 g/mol. The second kappa shape index (κ2) is 8.52. The molecule has 2 aromatic carbocycles. The quantitative estimate of drug-likeness (QED) is 0.370. The number of anilines is 1. The van der Waals surface area contributed by atoms with E-state index in [0.29, 0.717) is 5.56 Å². The predicted octanol–water partition coefficient (Wildman–Crippen LogP) is 3.32. The lowest BCUT2D eigenvalue weighted by molar-refractivity contribution is -0.383. The number of hydrogen-bond acceptors (Lipinski definition) is 5. The average Bonchev–Trinajstić information content (AvgIpc) is 2.61. The van der Waals surface area contributed by atoms with E-state index in [1.807, 2.05) is 0 Å². The third-order valence-electron chi connectivity index (χ3n) is 3.30. The second-order valence-electron chi connectivity index (χ2n) is 5.23. The van der Waals surface area contributed by atoms with Crippen LogP contribution in [0.1, 0.15) is 12.5 Å². The van der Waals surface area contributed by atoms with E-state index >= 15 is 0 Å². The molecular weight excluding hydrogens is 343 g/mol. The molecule has 0 heterocycles. The lowest BCUT2D eigenvalue weighted by Gasteiger charge is -2.12. The van der Waals surface area contributed by atoms with E-state index in [4.69, 9.17) is 4.74 Å². The van der Waals surface area contributed by atoms with Crippen LogP contribution in [0.2, 0.25) is 0 Å². The first kappa shape index (κ1) is 18.8. The van der Waals surface area contributed by atoms with Crippen molar-refractivity contribution in [3.63, 3.8) is 0 Å². The van der Waals surface area contributed by atoms with E-state index in [-0.39, 0.29) is 11.4 Å². The van der Waals surface area contributed by atoms with Gasteiger partial charge < -0.3 is 10.1 Å². The summed E-state index contributed by atoms with van der Waals surface area (Å²) in [5.41, 5.74) is 0.322. The molecule has 0 saturated heterocycles. The molecule has 26 heavy (non-hydrogen) atoms. The third-order valence-corrected chi connectivity index (χ3v) is 3.30. The highest BCUT2D eigenvalue weighted by Gasteiger charge is 2.20. The van der Waals surface area contributed by atoms with Gasteiger partial charge in [-0.15, -0.1) is 0 Å². The van der Waals surface area contributed by atoms with Crippen molar-refractivity contribution in [3.05, 3.63) is 76.1 Å². The minimum absolute atomic E-state index is 0.00672. The number of nitro benzene ring substituents is 1. The standard InChI is InChI=1S/C18H15FN2O5/c1-12(18(23)20-15-4-2-3-5-16(15)21(24)25)26-17(22)11-8-13-6-9-14(19)10-7-13/h2-12H,1H3,(H,20,23)/b11-8+/t12-/m1/s1. The zero-order valence-electron chi connectivity index (χ0n) is 13.7. The molecule has 0 unspecified atom stereocenters. The lowest BCUT2D eigenvalue weighted by atomic mass is 10.2. The van der Waals surface area contributed by atoms with Crippen LogP contribution in [0.25, 0.3) is 6.08 Å². The average molecular weight is 358 g/mol. The van der Waals surface area contributed by atoms with Crippen LogP contribution in [0.4, 0.5) is 15.8 Å². The topological polar surface area (TPSA) is 98.5 Å². The summed E-state index contributed by atoms with van der Waals surface area (Å²) in [5, 5.41) is 13.3. The number of esters is 1. The van der Waals surface area contributed by atoms with E-state index in [2.05, 4.69) is 5.32 Å². The molecule has 7 nitrogen and oxygen atoms in total. The third kappa shape index (κ3) is 5.23. The summed E-state index contributed by atoms with van der Waals surface area (Å²) < 4.78 is 17.7. The maximum Gasteiger partial charge on any atom is 0.331 e. The van der Waals surface area contributed by atoms with Crippen LogP contribution in [0.3, 0.4) is 0 Å². The van der Waals surface area contributed by atoms with Crippen molar-refractivity contribution in [2.24, 2.45) is 0 Å². The van der Waals surface area contributed by atoms with Gasteiger partial charge in [0.05, 0.1) is 4.92 Å². The zero-order chi connectivity index (χ0) is 19.1. The van der Waals surface area contributed by atoms with Crippen molar-refractivity contribution in [2.75, 3.05) is 5.32 Å². The highest BCUT2D eigenvalue weighted by atomic mass is 19.1. The number of carbonyl (C=O) groups is 2. The predicted molar refractivity (Wildman–Crippen MR) is 92.7 cm³/mol. The van der Waals surface area contributed by atoms with Crippen molar-refractivity contribution >= 4 is 29.3 Å². The van der Waals surface area contributed by atoms with E-state index in [1.165, 1.54) is 61.5 Å². The molecule has 134 valence electrons. The Kier molecular flexibility index (Phi) is 6.15. The number of benzene rings is 2. The van der Waals surface area contributed by atoms with Crippen molar-refractivity contribution in [3.8, 4) is 0 Å². The van der Waals surface area contributed by atoms with Crippen LogP contribution in [0.15, 0.2) is 54.6 Å². The molecule has 0 radical (unpaired) electrons. The first-order valence-corrected chi connectivity index (χ1v) is 7.55. The number of para-hydroxylation sites is 2. The Balaban J connectivity index is 1.95. The molecule has 0 saturated carbocycles. The summed E-state index contributed by atoms with van der Waals surface area (Å²) in [6.45, 7) is 1.34. The summed E-state index contributed by atoms with van der Waals surface area (Å²) in [5.74, 6) is -1.88. The van der Waals surface area contributed by atoms with Crippen LogP contribution in [0, 0.1) is 15.9 Å². The van der Waals surface area contributed by atoms with Gasteiger partial charge in [-0.05, 0) is 36.8 Å². The van der Waals surface area contributed by atoms with Gasteiger partial charge in [0.2, 0.25) is 0 Å². The van der Waals surface area contributed by atoms with Crippen LogP contribution in [0.5, 0.6) is 0 Å². The number of halogens is 1. The molecule has 1 N–H and O–H groups in total. The Labute approximate surface area is 148 Å². The van der Waals surface area contributed by atoms with Gasteiger partial charge in [0.15, 0.2) is 6.10 Å². The highest BCUT2D eigenvalue weighted by molar-refractivity contribution is 5.98. The fourth-order valence-electron chi connectivity index (χ4n) is 1.98. The Morgan fingerprint density at radius 3 is 2.50 bits per heavy atom. The minimum Gasteiger partial charge on any atom is -0.449 e. The summed E-state index contributed by atoms with van der Waals surface area (Å²) >= 11 is 0. The summed E-state index contributed by atoms with van der Waals surface area (Å²) in [6, 6.07) is 11.1. The maximum atomic E-state index is 12.8. The smallest absolute Gasteiger partial charge is 0.331 e. The van der Waals surface area contributed by atoms with Gasteiger partial charge in [0.1, 0.15) is 11.5 Å². The molecular formula is C18H15FN2O5. The summed E-state index contributed by atoms with van der Waals surface area (Å²) in [6.07, 6.45) is 1.34. The summed E-state index contributed by atoms with van der Waals surface area (Å²) in [4.78, 5) is 34.1. The van der Waals surface area contributed by atoms with Crippen LogP contribution >= 0.6 is 0 Å². The van der Waals surface area contributed by atoms with Crippen molar-refractivity contribution in [2.45, 2.75) is 13.0 Å². The molecule has 1 atom stereocenters. The van der Waals surface area contributed by atoms with Crippen molar-refractivity contribution in [1.82, 2.24) is 0 Å². The van der Waals surface area contributed by atoms with E-state index in [0.717, 1.165) is 6.08 Å². The fourth-order valence-corrected chi connectivity index (χ4v) is 1.98. The molecule has 0 aromatic heterocycles. The van der Waals surface area contributed by atoms with Crippen molar-refractivity contribution in [1.29, 1.82) is 0 Å². The zero-order valence-corrected chi connectivity index (χ0v) is 13.7. The molecule has 2 aromatic rings. The molecule has 0 spiro atoms. The molecule has 8 heteroatoms. The molecule has 0 fully saturated rings. The number of nitro groups is 1. The molecule has 0 aliphatic heterocycles. The number of nitrogens with zero attached hydrogens (tertiary/aromatic N) is 1. The van der Waals surface area contributed by atoms with Gasteiger partial charge in [-0.25, -0.2) is 9.18 Å². The maximum absolute atomic E-state index is 12.8. The lowest BCUT2D eigenvalue weighted by Crippen LogP contribution is -2.29. The van der Waals surface area contributed by atoms with Gasteiger partial charge in [0, 0.05) is 12.1 Å². The summed E-state index contributed by atoms with van der Waals surface area (Å²) in [7, 11) is 0. The first-order valence-electron chi connectivity index (χ1n) is 7.55. The van der Waals surface area contributed by atoms with E-state index < -0.39 is 28.7 Å². The minimum atomic E-state index is -1.17. The van der Waals surface area contributed by atoms with E-state index in [1.54, 1.807) is 0 Å². The molecule has 0 aliphatic rings. The van der Waals surface area contributed by atoms with E-state index in [9.17, 15) is 24.1 Å². The first-order chi connectivity index (χ1) is 12.4. The Morgan fingerprint density at radius 1 is 1.19 bits per heavy atom. The number of rotatable bonds is 6. The van der Waals surface area contributed by atoms with Gasteiger partial charge >= 0.3 is 5.97 Å². The fraction of sp³-hybridized carbons (Fsp3) is 0.111. The Bertz CT molecular complexity index is 849. The van der Waals surface area contributed by atoms with Crippen LogP contribution in [-0.4, -0.2) is 22.9 Å². The molecule has 2 rings (SSSR count). The second-order valence-corrected chi connectivity index (χ2v) is 5.23. The Hall–Kier alpha value is -3.55.